The minimum atomic E-state index is -0.387. The number of hydrogen-bond acceptors (Lipinski definition) is 3. The highest BCUT2D eigenvalue weighted by atomic mass is 79.9. The molecular formula is C13H11BrFN3O. The Balaban J connectivity index is 2.23. The smallest absolute Gasteiger partial charge is 0.257 e. The molecule has 0 bridgehead atoms. The molecule has 2 rings (SSSR count). The van der Waals surface area contributed by atoms with Crippen LogP contribution in [0.4, 0.5) is 15.8 Å². The molecule has 0 fully saturated rings. The number of rotatable bonds is 3. The van der Waals surface area contributed by atoms with Gasteiger partial charge in [-0.05, 0) is 46.3 Å². The van der Waals surface area contributed by atoms with E-state index in [9.17, 15) is 9.18 Å². The summed E-state index contributed by atoms with van der Waals surface area (Å²) in [6.45, 7) is 0. The van der Waals surface area contributed by atoms with E-state index in [0.29, 0.717) is 16.9 Å². The number of carbonyl (C=O) groups excluding carboxylic acids is 1. The number of amides is 1. The van der Waals surface area contributed by atoms with E-state index in [2.05, 4.69) is 26.7 Å². The molecule has 0 aromatic heterocycles. The van der Waals surface area contributed by atoms with E-state index in [1.165, 1.54) is 18.2 Å². The SMILES string of the molecule is NNc1ccccc1C(=O)Nc1ccc(F)c(Br)c1. The second-order valence-electron chi connectivity index (χ2n) is 3.77. The third-order valence-corrected chi connectivity index (χ3v) is 3.11. The Labute approximate surface area is 117 Å². The molecule has 0 radical (unpaired) electrons. The Bertz CT molecular complexity index is 619. The van der Waals surface area contributed by atoms with Crippen LogP contribution in [0.15, 0.2) is 46.9 Å². The van der Waals surface area contributed by atoms with Crippen molar-refractivity contribution in [2.75, 3.05) is 10.7 Å². The Hall–Kier alpha value is -1.92. The summed E-state index contributed by atoms with van der Waals surface area (Å²) in [5.41, 5.74) is 3.87. The van der Waals surface area contributed by atoms with Crippen molar-refractivity contribution in [1.29, 1.82) is 0 Å². The van der Waals surface area contributed by atoms with Crippen molar-refractivity contribution in [2.24, 2.45) is 5.84 Å². The molecule has 19 heavy (non-hydrogen) atoms. The monoisotopic (exact) mass is 323 g/mol. The van der Waals surface area contributed by atoms with Gasteiger partial charge in [0.15, 0.2) is 0 Å². The maximum Gasteiger partial charge on any atom is 0.257 e. The molecule has 4 N–H and O–H groups in total. The summed E-state index contributed by atoms with van der Waals surface area (Å²) >= 11 is 3.06. The summed E-state index contributed by atoms with van der Waals surface area (Å²) in [6, 6.07) is 11.1. The number of hydrogen-bond donors (Lipinski definition) is 3. The molecule has 0 aliphatic carbocycles. The van der Waals surface area contributed by atoms with Crippen LogP contribution in [0.25, 0.3) is 0 Å². The molecule has 0 heterocycles. The zero-order valence-electron chi connectivity index (χ0n) is 9.78. The Kier molecular flexibility index (Phi) is 4.13. The van der Waals surface area contributed by atoms with Crippen molar-refractivity contribution in [3.63, 3.8) is 0 Å². The van der Waals surface area contributed by atoms with E-state index in [4.69, 9.17) is 5.84 Å². The molecule has 98 valence electrons. The first-order chi connectivity index (χ1) is 9.11. The summed E-state index contributed by atoms with van der Waals surface area (Å²) in [5.74, 6) is 4.62. The van der Waals surface area contributed by atoms with Crippen molar-refractivity contribution < 1.29 is 9.18 Å². The van der Waals surface area contributed by atoms with Gasteiger partial charge in [0, 0.05) is 5.69 Å². The van der Waals surface area contributed by atoms with Crippen LogP contribution >= 0.6 is 15.9 Å². The van der Waals surface area contributed by atoms with Crippen LogP contribution in [0, 0.1) is 5.82 Å². The van der Waals surface area contributed by atoms with E-state index >= 15 is 0 Å². The summed E-state index contributed by atoms with van der Waals surface area (Å²) in [5, 5.41) is 2.67. The van der Waals surface area contributed by atoms with Gasteiger partial charge in [-0.1, -0.05) is 12.1 Å². The van der Waals surface area contributed by atoms with Gasteiger partial charge in [-0.15, -0.1) is 0 Å². The fourth-order valence-electron chi connectivity index (χ4n) is 1.58. The molecule has 0 aliphatic rings. The maximum atomic E-state index is 13.1. The average Bonchev–Trinajstić information content (AvgIpc) is 2.43. The highest BCUT2D eigenvalue weighted by Crippen LogP contribution is 2.21. The Morgan fingerprint density at radius 2 is 1.95 bits per heavy atom. The van der Waals surface area contributed by atoms with Crippen LogP contribution in [0.3, 0.4) is 0 Å². The van der Waals surface area contributed by atoms with Gasteiger partial charge in [0.1, 0.15) is 5.82 Å². The van der Waals surface area contributed by atoms with Crippen molar-refractivity contribution in [3.8, 4) is 0 Å². The molecule has 2 aromatic carbocycles. The van der Waals surface area contributed by atoms with Gasteiger partial charge in [-0.2, -0.15) is 0 Å². The average molecular weight is 324 g/mol. The molecule has 0 saturated heterocycles. The Morgan fingerprint density at radius 1 is 1.21 bits per heavy atom. The first-order valence-electron chi connectivity index (χ1n) is 5.44. The third kappa shape index (κ3) is 3.10. The number of nitrogens with one attached hydrogen (secondary N) is 2. The fraction of sp³-hybridized carbons (Fsp3) is 0. The van der Waals surface area contributed by atoms with Gasteiger partial charge in [-0.3, -0.25) is 10.6 Å². The summed E-state index contributed by atoms with van der Waals surface area (Å²) in [7, 11) is 0. The number of hydrazine groups is 1. The van der Waals surface area contributed by atoms with Gasteiger partial charge in [0.05, 0.1) is 15.7 Å². The predicted octanol–water partition coefficient (Wildman–Crippen LogP) is 3.13. The number of nitrogens with two attached hydrogens (primary N) is 1. The van der Waals surface area contributed by atoms with E-state index in [1.54, 1.807) is 24.3 Å². The van der Waals surface area contributed by atoms with Crippen molar-refractivity contribution in [2.45, 2.75) is 0 Å². The van der Waals surface area contributed by atoms with Gasteiger partial charge in [0.2, 0.25) is 0 Å². The van der Waals surface area contributed by atoms with Gasteiger partial charge < -0.3 is 10.7 Å². The molecule has 1 amide bonds. The minimum Gasteiger partial charge on any atom is -0.323 e. The molecule has 0 atom stereocenters. The lowest BCUT2D eigenvalue weighted by Crippen LogP contribution is -2.17. The van der Waals surface area contributed by atoms with E-state index in [-0.39, 0.29) is 16.2 Å². The quantitative estimate of drug-likeness (QED) is 0.600. The van der Waals surface area contributed by atoms with Gasteiger partial charge in [-0.25, -0.2) is 4.39 Å². The zero-order chi connectivity index (χ0) is 13.8. The second kappa shape index (κ2) is 5.81. The van der Waals surface area contributed by atoms with Crippen molar-refractivity contribution in [1.82, 2.24) is 0 Å². The lowest BCUT2D eigenvalue weighted by Gasteiger charge is -2.09. The van der Waals surface area contributed by atoms with Crippen LogP contribution < -0.4 is 16.6 Å². The summed E-state index contributed by atoms with van der Waals surface area (Å²) in [6.07, 6.45) is 0. The number of anilines is 2. The summed E-state index contributed by atoms with van der Waals surface area (Å²) < 4.78 is 13.4. The van der Waals surface area contributed by atoms with Gasteiger partial charge in [0.25, 0.3) is 5.91 Å². The fourth-order valence-corrected chi connectivity index (χ4v) is 1.96. The molecule has 4 nitrogen and oxygen atoms in total. The topological polar surface area (TPSA) is 67.1 Å². The second-order valence-corrected chi connectivity index (χ2v) is 4.63. The standard InChI is InChI=1S/C13H11BrFN3O/c14-10-7-8(5-6-11(10)15)17-13(19)9-3-1-2-4-12(9)18-16/h1-7,18H,16H2,(H,17,19). The van der Waals surface area contributed by atoms with Crippen molar-refractivity contribution in [3.05, 3.63) is 58.3 Å². The molecule has 0 unspecified atom stereocenters. The number of nitrogen functional groups attached to an aromatic ring is 1. The first-order valence-corrected chi connectivity index (χ1v) is 6.23. The minimum absolute atomic E-state index is 0.288. The van der Waals surface area contributed by atoms with Crippen LogP contribution in [0.1, 0.15) is 10.4 Å². The highest BCUT2D eigenvalue weighted by molar-refractivity contribution is 9.10. The van der Waals surface area contributed by atoms with E-state index in [0.717, 1.165) is 0 Å². The molecule has 6 heteroatoms. The first kappa shape index (κ1) is 13.5. The summed E-state index contributed by atoms with van der Waals surface area (Å²) in [4.78, 5) is 12.1. The lowest BCUT2D eigenvalue weighted by atomic mass is 10.1. The number of halogens is 2. The maximum absolute atomic E-state index is 13.1. The largest absolute Gasteiger partial charge is 0.323 e. The molecule has 0 saturated carbocycles. The predicted molar refractivity (Wildman–Crippen MR) is 76.3 cm³/mol. The third-order valence-electron chi connectivity index (χ3n) is 2.50. The number of benzene rings is 2. The number of carbonyl (C=O) groups is 1. The van der Waals surface area contributed by atoms with E-state index < -0.39 is 0 Å². The molecule has 0 aliphatic heterocycles. The molecule has 0 spiro atoms. The lowest BCUT2D eigenvalue weighted by molar-refractivity contribution is 0.102. The van der Waals surface area contributed by atoms with Crippen molar-refractivity contribution >= 4 is 33.2 Å². The normalized spacial score (nSPS) is 10.1. The number of para-hydroxylation sites is 1. The van der Waals surface area contributed by atoms with Crippen LogP contribution in [-0.2, 0) is 0 Å². The van der Waals surface area contributed by atoms with Gasteiger partial charge >= 0.3 is 0 Å². The van der Waals surface area contributed by atoms with Crippen LogP contribution in [0.2, 0.25) is 0 Å². The Morgan fingerprint density at radius 3 is 2.63 bits per heavy atom. The molecule has 2 aromatic rings. The zero-order valence-corrected chi connectivity index (χ0v) is 11.4. The van der Waals surface area contributed by atoms with E-state index in [1.807, 2.05) is 0 Å². The molecular weight excluding hydrogens is 313 g/mol. The van der Waals surface area contributed by atoms with Crippen LogP contribution in [0.5, 0.6) is 0 Å². The van der Waals surface area contributed by atoms with Crippen LogP contribution in [-0.4, -0.2) is 5.91 Å². The highest BCUT2D eigenvalue weighted by Gasteiger charge is 2.11.